The van der Waals surface area contributed by atoms with Crippen LogP contribution in [0.3, 0.4) is 0 Å². The molecule has 0 N–H and O–H groups in total. The standard InChI is InChI=1S/C24H41N.C3H8/c1-9-10-17-24(7,8)19(2)16-14-12-11-13-15-18-25-22(5)20(3)21(4)23(25)6;1-3-2/h2,5-6,9-18H2,1,3-4,7-8H3;3H2,1-2H3. The third-order valence-corrected chi connectivity index (χ3v) is 6.05. The van der Waals surface area contributed by atoms with Gasteiger partial charge in [0, 0.05) is 17.2 Å². The molecule has 0 fully saturated rings. The second-order valence-electron chi connectivity index (χ2n) is 9.11. The molecule has 0 amide bonds. The van der Waals surface area contributed by atoms with Crippen molar-refractivity contribution in [3.05, 3.63) is 34.0 Å². The molecule has 0 bridgehead atoms. The Morgan fingerprint density at radius 3 is 1.79 bits per heavy atom. The van der Waals surface area contributed by atoms with E-state index in [0.29, 0.717) is 5.41 Å². The second-order valence-corrected chi connectivity index (χ2v) is 9.11. The highest BCUT2D eigenvalue weighted by Gasteiger charge is 2.20. The van der Waals surface area contributed by atoms with E-state index in [4.69, 9.17) is 0 Å². The van der Waals surface area contributed by atoms with E-state index in [1.54, 1.807) is 0 Å². The average Bonchev–Trinajstić information content (AvgIpc) is 2.83. The van der Waals surface area contributed by atoms with Crippen LogP contribution in [0.15, 0.2) is 12.2 Å². The first-order chi connectivity index (χ1) is 13.1. The van der Waals surface area contributed by atoms with Gasteiger partial charge in [0.1, 0.15) is 0 Å². The summed E-state index contributed by atoms with van der Waals surface area (Å²) in [4.78, 5) is 0. The Bertz CT molecular complexity index is 626. The zero-order valence-electron chi connectivity index (χ0n) is 20.3. The summed E-state index contributed by atoms with van der Waals surface area (Å²) >= 11 is 0. The summed E-state index contributed by atoms with van der Waals surface area (Å²) < 4.78 is 2.29. The summed E-state index contributed by atoms with van der Waals surface area (Å²) in [6.07, 6.45) is 12.8. The van der Waals surface area contributed by atoms with Gasteiger partial charge in [-0.1, -0.05) is 98.5 Å². The molecule has 1 nitrogen and oxygen atoms in total. The fraction of sp³-hybridized carbons (Fsp3) is 0.704. The van der Waals surface area contributed by atoms with Crippen LogP contribution in [0.2, 0.25) is 0 Å². The second kappa shape index (κ2) is 13.9. The van der Waals surface area contributed by atoms with E-state index in [2.05, 4.69) is 72.8 Å². The summed E-state index contributed by atoms with van der Waals surface area (Å²) in [5.74, 6) is 0. The lowest BCUT2D eigenvalue weighted by molar-refractivity contribution is 0.376. The topological polar surface area (TPSA) is 4.93 Å². The molecule has 0 aliphatic heterocycles. The molecule has 1 heterocycles. The smallest absolute Gasteiger partial charge is 0.0370 e. The number of hydrogen-bond donors (Lipinski definition) is 0. The summed E-state index contributed by atoms with van der Waals surface area (Å²) in [5, 5.41) is 2.29. The molecular formula is C27H49N. The van der Waals surface area contributed by atoms with Gasteiger partial charge in [0.25, 0.3) is 0 Å². The number of hydrogen-bond acceptors (Lipinski definition) is 0. The largest absolute Gasteiger partial charge is 0.342 e. The van der Waals surface area contributed by atoms with E-state index in [1.807, 2.05) is 0 Å². The van der Waals surface area contributed by atoms with E-state index in [1.165, 1.54) is 80.9 Å². The van der Waals surface area contributed by atoms with Crippen molar-refractivity contribution in [1.82, 2.24) is 4.57 Å². The number of nitrogens with zero attached hydrogens (tertiary/aromatic N) is 1. The van der Waals surface area contributed by atoms with Gasteiger partial charge in [-0.15, -0.1) is 0 Å². The first-order valence-electron chi connectivity index (χ1n) is 11.7. The van der Waals surface area contributed by atoms with Crippen LogP contribution in [0.4, 0.5) is 0 Å². The highest BCUT2D eigenvalue weighted by atomic mass is 15.0. The van der Waals surface area contributed by atoms with Crippen LogP contribution < -0.4 is 10.7 Å². The molecule has 1 aromatic rings. The normalized spacial score (nSPS) is 11.2. The van der Waals surface area contributed by atoms with Crippen molar-refractivity contribution in [3.63, 3.8) is 0 Å². The van der Waals surface area contributed by atoms with Crippen LogP contribution >= 0.6 is 0 Å². The molecule has 162 valence electrons. The lowest BCUT2D eigenvalue weighted by atomic mass is 9.78. The predicted molar refractivity (Wildman–Crippen MR) is 130 cm³/mol. The van der Waals surface area contributed by atoms with E-state index in [-0.39, 0.29) is 0 Å². The minimum atomic E-state index is 0.315. The fourth-order valence-corrected chi connectivity index (χ4v) is 3.54. The Morgan fingerprint density at radius 1 is 0.821 bits per heavy atom. The van der Waals surface area contributed by atoms with Crippen molar-refractivity contribution in [1.29, 1.82) is 0 Å². The molecule has 0 aliphatic carbocycles. The van der Waals surface area contributed by atoms with E-state index < -0.39 is 0 Å². The molecule has 1 aromatic heterocycles. The lowest BCUT2D eigenvalue weighted by Gasteiger charge is -2.27. The summed E-state index contributed by atoms with van der Waals surface area (Å²) in [7, 11) is 0. The van der Waals surface area contributed by atoms with Gasteiger partial charge in [0.05, 0.1) is 0 Å². The third kappa shape index (κ3) is 8.84. The SMILES string of the molecule is C=C(CCCCCCCn1c(=C)c(C)c(C)c1=C)C(C)(C)CCCC.CCC. The van der Waals surface area contributed by atoms with Crippen LogP contribution in [0.1, 0.15) is 110 Å². The Kier molecular flexibility index (Phi) is 13.2. The fourth-order valence-electron chi connectivity index (χ4n) is 3.54. The molecule has 0 aliphatic rings. The monoisotopic (exact) mass is 387 g/mol. The molecule has 1 heteroatoms. The van der Waals surface area contributed by atoms with Crippen molar-refractivity contribution in [2.45, 2.75) is 119 Å². The van der Waals surface area contributed by atoms with E-state index >= 15 is 0 Å². The molecule has 0 aromatic carbocycles. The number of aromatic nitrogens is 1. The number of allylic oxidation sites excluding steroid dienone is 1. The van der Waals surface area contributed by atoms with Gasteiger partial charge in [-0.05, 0) is 56.1 Å². The van der Waals surface area contributed by atoms with Crippen LogP contribution in [-0.4, -0.2) is 4.57 Å². The maximum absolute atomic E-state index is 4.37. The zero-order valence-corrected chi connectivity index (χ0v) is 20.3. The number of rotatable bonds is 12. The predicted octanol–water partition coefficient (Wildman–Crippen LogP) is 7.46. The van der Waals surface area contributed by atoms with Gasteiger partial charge in [0.2, 0.25) is 0 Å². The highest BCUT2D eigenvalue weighted by Crippen LogP contribution is 2.34. The van der Waals surface area contributed by atoms with Crippen molar-refractivity contribution < 1.29 is 0 Å². The van der Waals surface area contributed by atoms with Crippen LogP contribution in [0.5, 0.6) is 0 Å². The average molecular weight is 388 g/mol. The maximum Gasteiger partial charge on any atom is 0.0370 e. The Labute approximate surface area is 176 Å². The Hall–Kier alpha value is -1.24. The quantitative estimate of drug-likeness (QED) is 0.259. The molecule has 0 unspecified atom stereocenters. The Morgan fingerprint density at radius 2 is 1.29 bits per heavy atom. The van der Waals surface area contributed by atoms with Gasteiger partial charge in [-0.2, -0.15) is 0 Å². The first-order valence-corrected chi connectivity index (χ1v) is 11.7. The highest BCUT2D eigenvalue weighted by molar-refractivity contribution is 5.28. The zero-order chi connectivity index (χ0) is 21.7. The number of unbranched alkanes of at least 4 members (excludes halogenated alkanes) is 5. The molecule has 28 heavy (non-hydrogen) atoms. The first kappa shape index (κ1) is 26.8. The maximum atomic E-state index is 4.37. The minimum Gasteiger partial charge on any atom is -0.342 e. The van der Waals surface area contributed by atoms with Gasteiger partial charge in [0.15, 0.2) is 0 Å². The van der Waals surface area contributed by atoms with Crippen molar-refractivity contribution >= 4 is 13.2 Å². The molecule has 1 rings (SSSR count). The minimum absolute atomic E-state index is 0.315. The van der Waals surface area contributed by atoms with Gasteiger partial charge in [-0.3, -0.25) is 0 Å². The molecule has 0 saturated carbocycles. The molecular weight excluding hydrogens is 338 g/mol. The molecule has 0 atom stereocenters. The summed E-state index contributed by atoms with van der Waals surface area (Å²) in [6, 6.07) is 0. The van der Waals surface area contributed by atoms with Crippen molar-refractivity contribution in [2.24, 2.45) is 5.41 Å². The summed E-state index contributed by atoms with van der Waals surface area (Å²) in [6.45, 7) is 29.4. The van der Waals surface area contributed by atoms with Crippen LogP contribution in [-0.2, 0) is 6.54 Å². The lowest BCUT2D eigenvalue weighted by Crippen LogP contribution is -2.26. The van der Waals surface area contributed by atoms with Crippen molar-refractivity contribution in [2.75, 3.05) is 0 Å². The van der Waals surface area contributed by atoms with E-state index in [9.17, 15) is 0 Å². The van der Waals surface area contributed by atoms with Crippen LogP contribution in [0.25, 0.3) is 13.2 Å². The Balaban J connectivity index is 0.00000227. The van der Waals surface area contributed by atoms with Crippen molar-refractivity contribution in [3.8, 4) is 0 Å². The van der Waals surface area contributed by atoms with E-state index in [0.717, 1.165) is 17.2 Å². The third-order valence-electron chi connectivity index (χ3n) is 6.05. The van der Waals surface area contributed by atoms with Gasteiger partial charge in [-0.25, -0.2) is 0 Å². The van der Waals surface area contributed by atoms with Crippen LogP contribution in [0, 0.1) is 19.3 Å². The summed E-state index contributed by atoms with van der Waals surface area (Å²) in [5.41, 5.74) is 4.36. The molecule has 0 radical (unpaired) electrons. The van der Waals surface area contributed by atoms with Gasteiger partial charge < -0.3 is 4.57 Å². The van der Waals surface area contributed by atoms with Gasteiger partial charge >= 0.3 is 0 Å². The molecule has 0 spiro atoms. The molecule has 0 saturated heterocycles.